The van der Waals surface area contributed by atoms with E-state index >= 15 is 0 Å². The van der Waals surface area contributed by atoms with E-state index in [0.29, 0.717) is 24.1 Å². The molecular formula is C15H23FN2O2. The number of halogens is 1. The van der Waals surface area contributed by atoms with Gasteiger partial charge < -0.3 is 10.5 Å². The molecule has 0 aliphatic carbocycles. The summed E-state index contributed by atoms with van der Waals surface area (Å²) >= 11 is 0. The highest BCUT2D eigenvalue weighted by Crippen LogP contribution is 2.18. The third kappa shape index (κ3) is 6.02. The molecule has 0 heterocycles. The maximum Gasteiger partial charge on any atom is 0.412 e. The van der Waals surface area contributed by atoms with Gasteiger partial charge >= 0.3 is 6.09 Å². The van der Waals surface area contributed by atoms with Crippen LogP contribution in [0.5, 0.6) is 0 Å². The zero-order valence-electron chi connectivity index (χ0n) is 12.5. The molecule has 0 aliphatic heterocycles. The maximum atomic E-state index is 13.6. The van der Waals surface area contributed by atoms with Gasteiger partial charge in [-0.25, -0.2) is 9.18 Å². The van der Waals surface area contributed by atoms with Crippen LogP contribution in [0.4, 0.5) is 14.9 Å². The quantitative estimate of drug-likeness (QED) is 0.889. The fourth-order valence-electron chi connectivity index (χ4n) is 1.65. The predicted octanol–water partition coefficient (Wildman–Crippen LogP) is 3.45. The zero-order chi connectivity index (χ0) is 15.3. The normalized spacial score (nSPS) is 12.9. The van der Waals surface area contributed by atoms with Gasteiger partial charge in [-0.15, -0.1) is 0 Å². The number of hydrogen-bond acceptors (Lipinski definition) is 3. The second kappa shape index (κ2) is 6.70. The number of benzene rings is 1. The molecule has 1 aromatic rings. The fourth-order valence-corrected chi connectivity index (χ4v) is 1.65. The number of carbonyl (C=O) groups excluding carboxylic acids is 1. The lowest BCUT2D eigenvalue weighted by atomic mass is 10.1. The molecular weight excluding hydrogens is 259 g/mol. The van der Waals surface area contributed by atoms with Crippen molar-refractivity contribution in [3.8, 4) is 0 Å². The van der Waals surface area contributed by atoms with Crippen molar-refractivity contribution in [2.45, 2.75) is 52.2 Å². The molecule has 0 radical (unpaired) electrons. The van der Waals surface area contributed by atoms with Gasteiger partial charge in [0.15, 0.2) is 0 Å². The predicted molar refractivity (Wildman–Crippen MR) is 78.2 cm³/mol. The van der Waals surface area contributed by atoms with E-state index in [-0.39, 0.29) is 11.9 Å². The maximum absolute atomic E-state index is 13.6. The molecule has 1 rings (SSSR count). The van der Waals surface area contributed by atoms with Gasteiger partial charge in [0, 0.05) is 11.7 Å². The first-order chi connectivity index (χ1) is 9.17. The molecule has 0 aliphatic rings. The number of ether oxygens (including phenoxy) is 1. The zero-order valence-corrected chi connectivity index (χ0v) is 12.5. The van der Waals surface area contributed by atoms with Gasteiger partial charge in [-0.2, -0.15) is 0 Å². The van der Waals surface area contributed by atoms with E-state index in [9.17, 15) is 9.18 Å². The van der Waals surface area contributed by atoms with E-state index in [1.165, 1.54) is 12.1 Å². The van der Waals surface area contributed by atoms with Gasteiger partial charge in [0.25, 0.3) is 0 Å². The molecule has 0 saturated heterocycles. The Morgan fingerprint density at radius 3 is 2.65 bits per heavy atom. The summed E-state index contributed by atoms with van der Waals surface area (Å²) in [6, 6.07) is 4.47. The van der Waals surface area contributed by atoms with Gasteiger partial charge in [0.1, 0.15) is 11.4 Å². The van der Waals surface area contributed by atoms with Gasteiger partial charge in [0.05, 0.1) is 0 Å². The SMILES string of the molecule is C[C@@H](N)CCc1cc(NC(=O)OC(C)(C)C)ccc1F. The minimum absolute atomic E-state index is 0.0110. The average Bonchev–Trinajstić information content (AvgIpc) is 2.27. The summed E-state index contributed by atoms with van der Waals surface area (Å²) < 4.78 is 18.8. The number of hydrogen-bond donors (Lipinski definition) is 2. The average molecular weight is 282 g/mol. The number of nitrogens with two attached hydrogens (primary N) is 1. The molecule has 1 aromatic carbocycles. The second-order valence-corrected chi connectivity index (χ2v) is 5.95. The molecule has 0 spiro atoms. The summed E-state index contributed by atoms with van der Waals surface area (Å²) in [6.07, 6.45) is 0.669. The standard InChI is InChI=1S/C15H23FN2O2/c1-10(17)5-6-11-9-12(7-8-13(11)16)18-14(19)20-15(2,3)4/h7-10H,5-6,17H2,1-4H3,(H,18,19)/t10-/m1/s1. The second-order valence-electron chi connectivity index (χ2n) is 5.95. The highest BCUT2D eigenvalue weighted by atomic mass is 19.1. The van der Waals surface area contributed by atoms with Crippen LogP contribution in [0.1, 0.15) is 39.7 Å². The van der Waals surface area contributed by atoms with Crippen molar-refractivity contribution in [3.05, 3.63) is 29.6 Å². The molecule has 3 N–H and O–H groups in total. The van der Waals surface area contributed by atoms with Crippen molar-refractivity contribution < 1.29 is 13.9 Å². The van der Waals surface area contributed by atoms with Crippen LogP contribution in [-0.2, 0) is 11.2 Å². The van der Waals surface area contributed by atoms with E-state index in [1.807, 2.05) is 6.92 Å². The van der Waals surface area contributed by atoms with Crippen molar-refractivity contribution in [3.63, 3.8) is 0 Å². The summed E-state index contributed by atoms with van der Waals surface area (Å²) in [6.45, 7) is 7.22. The van der Waals surface area contributed by atoms with E-state index in [2.05, 4.69) is 5.32 Å². The van der Waals surface area contributed by atoms with Crippen LogP contribution in [0.2, 0.25) is 0 Å². The Hall–Kier alpha value is -1.62. The lowest BCUT2D eigenvalue weighted by Crippen LogP contribution is -2.27. The van der Waals surface area contributed by atoms with Gasteiger partial charge in [0.2, 0.25) is 0 Å². The molecule has 5 heteroatoms. The number of nitrogens with one attached hydrogen (secondary N) is 1. The number of rotatable bonds is 4. The van der Waals surface area contributed by atoms with Crippen LogP contribution in [0, 0.1) is 5.82 Å². The minimum atomic E-state index is -0.568. The van der Waals surface area contributed by atoms with Crippen LogP contribution in [-0.4, -0.2) is 17.7 Å². The summed E-state index contributed by atoms with van der Waals surface area (Å²) in [7, 11) is 0. The summed E-state index contributed by atoms with van der Waals surface area (Å²) in [5.74, 6) is -0.291. The van der Waals surface area contributed by atoms with Crippen LogP contribution in [0.25, 0.3) is 0 Å². The monoisotopic (exact) mass is 282 g/mol. The van der Waals surface area contributed by atoms with Gasteiger partial charge in [-0.1, -0.05) is 0 Å². The molecule has 0 fully saturated rings. The van der Waals surface area contributed by atoms with Crippen molar-refractivity contribution in [2.75, 3.05) is 5.32 Å². The largest absolute Gasteiger partial charge is 0.444 e. The van der Waals surface area contributed by atoms with Crippen molar-refractivity contribution >= 4 is 11.8 Å². The van der Waals surface area contributed by atoms with Gasteiger partial charge in [-0.05, 0) is 64.3 Å². The smallest absolute Gasteiger partial charge is 0.412 e. The van der Waals surface area contributed by atoms with Crippen LogP contribution in [0.3, 0.4) is 0 Å². The summed E-state index contributed by atoms with van der Waals surface area (Å²) in [5.41, 5.74) is 6.15. The molecule has 112 valence electrons. The molecule has 0 aromatic heterocycles. The van der Waals surface area contributed by atoms with E-state index in [4.69, 9.17) is 10.5 Å². The van der Waals surface area contributed by atoms with Crippen molar-refractivity contribution in [1.82, 2.24) is 0 Å². The highest BCUT2D eigenvalue weighted by Gasteiger charge is 2.16. The summed E-state index contributed by atoms with van der Waals surface area (Å²) in [5, 5.41) is 2.59. The Labute approximate surface area is 119 Å². The molecule has 0 saturated carbocycles. The number of carbonyl (C=O) groups is 1. The molecule has 4 nitrogen and oxygen atoms in total. The minimum Gasteiger partial charge on any atom is -0.444 e. The highest BCUT2D eigenvalue weighted by molar-refractivity contribution is 5.84. The Kier molecular flexibility index (Phi) is 5.51. The van der Waals surface area contributed by atoms with E-state index < -0.39 is 11.7 Å². The number of amides is 1. The fraction of sp³-hybridized carbons (Fsp3) is 0.533. The third-order valence-electron chi connectivity index (χ3n) is 2.56. The van der Waals surface area contributed by atoms with Crippen LogP contribution >= 0.6 is 0 Å². The Balaban J connectivity index is 2.72. The lowest BCUT2D eigenvalue weighted by Gasteiger charge is -2.20. The Bertz CT molecular complexity index is 467. The molecule has 1 amide bonds. The van der Waals surface area contributed by atoms with E-state index in [0.717, 1.165) is 0 Å². The Morgan fingerprint density at radius 2 is 2.10 bits per heavy atom. The lowest BCUT2D eigenvalue weighted by molar-refractivity contribution is 0.0636. The number of aryl methyl sites for hydroxylation is 1. The molecule has 0 bridgehead atoms. The molecule has 20 heavy (non-hydrogen) atoms. The van der Waals surface area contributed by atoms with Crippen molar-refractivity contribution in [2.24, 2.45) is 5.73 Å². The topological polar surface area (TPSA) is 64.3 Å². The third-order valence-corrected chi connectivity index (χ3v) is 2.56. The van der Waals surface area contributed by atoms with Crippen LogP contribution in [0.15, 0.2) is 18.2 Å². The van der Waals surface area contributed by atoms with Crippen LogP contribution < -0.4 is 11.1 Å². The first-order valence-electron chi connectivity index (χ1n) is 6.71. The van der Waals surface area contributed by atoms with Crippen molar-refractivity contribution in [1.29, 1.82) is 0 Å². The first-order valence-corrected chi connectivity index (χ1v) is 6.71. The number of anilines is 1. The molecule has 1 atom stereocenters. The molecule has 0 unspecified atom stereocenters. The van der Waals surface area contributed by atoms with E-state index in [1.54, 1.807) is 26.8 Å². The first kappa shape index (κ1) is 16.4. The Morgan fingerprint density at radius 1 is 1.45 bits per heavy atom. The summed E-state index contributed by atoms with van der Waals surface area (Å²) in [4.78, 5) is 11.6. The van der Waals surface area contributed by atoms with Gasteiger partial charge in [-0.3, -0.25) is 5.32 Å².